The van der Waals surface area contributed by atoms with E-state index >= 15 is 0 Å². The van der Waals surface area contributed by atoms with Crippen molar-refractivity contribution in [2.45, 2.75) is 12.8 Å². The Hall–Kier alpha value is -3.45. The van der Waals surface area contributed by atoms with Crippen molar-refractivity contribution in [2.24, 2.45) is 0 Å². The Morgan fingerprint density at radius 1 is 1.00 bits per heavy atom. The molecule has 0 unspecified atom stereocenters. The van der Waals surface area contributed by atoms with Gasteiger partial charge in [-0.2, -0.15) is 0 Å². The standard InChI is InChI=1S/C21H18ClN3O4/c22-16-2-1-3-19(10-16)29-18-7-5-17(6-8-18)25-20(26)13-28-21(27)9-4-15-11-23-14-24-12-15/h1-3,5-8,10-12,14H,4,9,13H2,(H,25,26). The first-order chi connectivity index (χ1) is 14.1. The molecule has 1 heterocycles. The predicted molar refractivity (Wildman–Crippen MR) is 108 cm³/mol. The number of rotatable bonds is 8. The van der Waals surface area contributed by atoms with Gasteiger partial charge in [0.1, 0.15) is 17.8 Å². The molecule has 2 aromatic carbocycles. The third-order valence-electron chi connectivity index (χ3n) is 3.77. The fourth-order valence-corrected chi connectivity index (χ4v) is 2.57. The second kappa shape index (κ2) is 10.2. The van der Waals surface area contributed by atoms with Crippen molar-refractivity contribution >= 4 is 29.2 Å². The number of amides is 1. The molecule has 0 bridgehead atoms. The fraction of sp³-hybridized carbons (Fsp3) is 0.143. The van der Waals surface area contributed by atoms with Crippen molar-refractivity contribution in [3.63, 3.8) is 0 Å². The second-order valence-corrected chi connectivity index (χ2v) is 6.48. The number of benzene rings is 2. The quantitative estimate of drug-likeness (QED) is 0.562. The van der Waals surface area contributed by atoms with E-state index in [-0.39, 0.29) is 13.0 Å². The number of aromatic nitrogens is 2. The molecule has 0 radical (unpaired) electrons. The minimum Gasteiger partial charge on any atom is -0.457 e. The van der Waals surface area contributed by atoms with Crippen LogP contribution >= 0.6 is 11.6 Å². The van der Waals surface area contributed by atoms with Gasteiger partial charge in [-0.05, 0) is 54.4 Å². The lowest BCUT2D eigenvalue weighted by atomic mass is 10.2. The van der Waals surface area contributed by atoms with Crippen LogP contribution in [0.15, 0.2) is 67.3 Å². The summed E-state index contributed by atoms with van der Waals surface area (Å²) < 4.78 is 10.7. The molecule has 0 aliphatic rings. The summed E-state index contributed by atoms with van der Waals surface area (Å²) in [4.78, 5) is 31.4. The number of hydrogen-bond acceptors (Lipinski definition) is 6. The summed E-state index contributed by atoms with van der Waals surface area (Å²) in [6.07, 6.45) is 5.28. The minimum absolute atomic E-state index is 0.149. The van der Waals surface area contributed by atoms with Gasteiger partial charge in [-0.25, -0.2) is 9.97 Å². The molecular formula is C21H18ClN3O4. The van der Waals surface area contributed by atoms with Crippen LogP contribution in [0.25, 0.3) is 0 Å². The molecule has 0 aliphatic heterocycles. The molecule has 8 heteroatoms. The average molecular weight is 412 g/mol. The van der Waals surface area contributed by atoms with E-state index < -0.39 is 11.9 Å². The summed E-state index contributed by atoms with van der Waals surface area (Å²) >= 11 is 5.93. The number of esters is 1. The molecule has 7 nitrogen and oxygen atoms in total. The molecule has 0 fully saturated rings. The van der Waals surface area contributed by atoms with Crippen LogP contribution in [0.3, 0.4) is 0 Å². The second-order valence-electron chi connectivity index (χ2n) is 6.04. The number of carbonyl (C=O) groups is 2. The molecule has 29 heavy (non-hydrogen) atoms. The number of nitrogens with zero attached hydrogens (tertiary/aromatic N) is 2. The van der Waals surface area contributed by atoms with Crippen LogP contribution in [0.2, 0.25) is 5.02 Å². The van der Waals surface area contributed by atoms with Gasteiger partial charge >= 0.3 is 5.97 Å². The molecular weight excluding hydrogens is 394 g/mol. The van der Waals surface area contributed by atoms with Gasteiger partial charge < -0.3 is 14.8 Å². The van der Waals surface area contributed by atoms with E-state index in [1.54, 1.807) is 60.9 Å². The highest BCUT2D eigenvalue weighted by atomic mass is 35.5. The first-order valence-corrected chi connectivity index (χ1v) is 9.19. The van der Waals surface area contributed by atoms with Crippen molar-refractivity contribution in [3.8, 4) is 11.5 Å². The summed E-state index contributed by atoms with van der Waals surface area (Å²) in [7, 11) is 0. The maximum Gasteiger partial charge on any atom is 0.306 e. The number of hydrogen-bond donors (Lipinski definition) is 1. The van der Waals surface area contributed by atoms with E-state index in [1.165, 1.54) is 6.33 Å². The van der Waals surface area contributed by atoms with Crippen LogP contribution in [0.4, 0.5) is 5.69 Å². The molecule has 1 N–H and O–H groups in total. The molecule has 0 spiro atoms. The number of halogens is 1. The Morgan fingerprint density at radius 3 is 2.48 bits per heavy atom. The highest BCUT2D eigenvalue weighted by Crippen LogP contribution is 2.25. The maximum absolute atomic E-state index is 12.0. The Kier molecular flexibility index (Phi) is 7.13. The highest BCUT2D eigenvalue weighted by Gasteiger charge is 2.09. The van der Waals surface area contributed by atoms with Crippen LogP contribution in [-0.4, -0.2) is 28.5 Å². The smallest absolute Gasteiger partial charge is 0.306 e. The Balaban J connectivity index is 1.41. The molecule has 3 aromatic rings. The van der Waals surface area contributed by atoms with Crippen LogP contribution in [0.5, 0.6) is 11.5 Å². The van der Waals surface area contributed by atoms with Gasteiger partial charge in [0.25, 0.3) is 5.91 Å². The number of ether oxygens (including phenoxy) is 2. The van der Waals surface area contributed by atoms with E-state index in [0.717, 1.165) is 5.56 Å². The first kappa shape index (κ1) is 20.3. The molecule has 0 saturated carbocycles. The van der Waals surface area contributed by atoms with E-state index in [2.05, 4.69) is 15.3 Å². The lowest BCUT2D eigenvalue weighted by Gasteiger charge is -2.09. The van der Waals surface area contributed by atoms with E-state index in [4.69, 9.17) is 21.1 Å². The van der Waals surface area contributed by atoms with Crippen molar-refractivity contribution in [3.05, 3.63) is 77.8 Å². The van der Waals surface area contributed by atoms with Crippen LogP contribution in [-0.2, 0) is 20.7 Å². The SMILES string of the molecule is O=C(COC(=O)CCc1cncnc1)Nc1ccc(Oc2cccc(Cl)c2)cc1. The molecule has 0 aliphatic carbocycles. The van der Waals surface area contributed by atoms with E-state index in [9.17, 15) is 9.59 Å². The monoisotopic (exact) mass is 411 g/mol. The van der Waals surface area contributed by atoms with Crippen molar-refractivity contribution in [1.82, 2.24) is 9.97 Å². The molecule has 0 saturated heterocycles. The van der Waals surface area contributed by atoms with Crippen molar-refractivity contribution in [1.29, 1.82) is 0 Å². The number of carbonyl (C=O) groups excluding carboxylic acids is 2. The van der Waals surface area contributed by atoms with Crippen LogP contribution in [0.1, 0.15) is 12.0 Å². The van der Waals surface area contributed by atoms with Gasteiger partial charge in [0.15, 0.2) is 6.61 Å². The predicted octanol–water partition coefficient (Wildman–Crippen LogP) is 4.04. The summed E-state index contributed by atoms with van der Waals surface area (Å²) in [6, 6.07) is 13.9. The summed E-state index contributed by atoms with van der Waals surface area (Å²) in [5, 5.41) is 3.24. The van der Waals surface area contributed by atoms with Crippen LogP contribution < -0.4 is 10.1 Å². The Morgan fingerprint density at radius 2 is 1.76 bits per heavy atom. The Bertz CT molecular complexity index is 965. The average Bonchev–Trinajstić information content (AvgIpc) is 2.73. The zero-order valence-corrected chi connectivity index (χ0v) is 16.1. The fourth-order valence-electron chi connectivity index (χ4n) is 2.39. The number of nitrogens with one attached hydrogen (secondary N) is 1. The zero-order valence-electron chi connectivity index (χ0n) is 15.4. The largest absolute Gasteiger partial charge is 0.457 e. The topological polar surface area (TPSA) is 90.4 Å². The van der Waals surface area contributed by atoms with E-state index in [1.807, 2.05) is 0 Å². The van der Waals surface area contributed by atoms with Gasteiger partial charge in [0, 0.05) is 29.5 Å². The van der Waals surface area contributed by atoms with Crippen molar-refractivity contribution in [2.75, 3.05) is 11.9 Å². The normalized spacial score (nSPS) is 10.2. The maximum atomic E-state index is 12.0. The van der Waals surface area contributed by atoms with Gasteiger partial charge in [-0.15, -0.1) is 0 Å². The lowest BCUT2D eigenvalue weighted by Crippen LogP contribution is -2.21. The van der Waals surface area contributed by atoms with Gasteiger partial charge in [0.2, 0.25) is 0 Å². The third kappa shape index (κ3) is 6.90. The van der Waals surface area contributed by atoms with Crippen molar-refractivity contribution < 1.29 is 19.1 Å². The lowest BCUT2D eigenvalue weighted by molar-refractivity contribution is -0.147. The first-order valence-electron chi connectivity index (χ1n) is 8.81. The number of anilines is 1. The number of aryl methyl sites for hydroxylation is 1. The summed E-state index contributed by atoms with van der Waals surface area (Å²) in [6.45, 7) is -0.356. The van der Waals surface area contributed by atoms with Gasteiger partial charge in [-0.1, -0.05) is 17.7 Å². The Labute approximate surface area is 172 Å². The van der Waals surface area contributed by atoms with Gasteiger partial charge in [0.05, 0.1) is 0 Å². The third-order valence-corrected chi connectivity index (χ3v) is 4.00. The summed E-state index contributed by atoms with van der Waals surface area (Å²) in [5.74, 6) is 0.323. The van der Waals surface area contributed by atoms with Gasteiger partial charge in [-0.3, -0.25) is 9.59 Å². The molecule has 1 amide bonds. The molecule has 0 atom stereocenters. The zero-order chi connectivity index (χ0) is 20.5. The minimum atomic E-state index is -0.464. The highest BCUT2D eigenvalue weighted by molar-refractivity contribution is 6.30. The summed E-state index contributed by atoms with van der Waals surface area (Å²) in [5.41, 5.74) is 1.39. The molecule has 3 rings (SSSR count). The van der Waals surface area contributed by atoms with E-state index in [0.29, 0.717) is 28.6 Å². The molecule has 148 valence electrons. The molecule has 1 aromatic heterocycles. The van der Waals surface area contributed by atoms with Crippen LogP contribution in [0, 0.1) is 0 Å².